The first kappa shape index (κ1) is 19.6. The number of nitrogens with two attached hydrogens (primary N) is 1. The lowest BCUT2D eigenvalue weighted by atomic mass is 10.1. The summed E-state index contributed by atoms with van der Waals surface area (Å²) in [7, 11) is 0. The van der Waals surface area contributed by atoms with Gasteiger partial charge in [0.1, 0.15) is 12.7 Å². The Morgan fingerprint density at radius 1 is 1.29 bits per heavy atom. The first-order valence-electron chi connectivity index (χ1n) is 9.41. The van der Waals surface area contributed by atoms with Crippen LogP contribution < -0.4 is 16.0 Å². The third-order valence-electron chi connectivity index (χ3n) is 5.16. The number of fused-ring (bicyclic) bond motifs is 1. The molecule has 1 aliphatic rings. The number of nitrogen functional groups attached to an aromatic ring is 1. The zero-order valence-electron chi connectivity index (χ0n) is 16.0. The molecule has 31 heavy (non-hydrogen) atoms. The van der Waals surface area contributed by atoms with Crippen molar-refractivity contribution in [2.75, 3.05) is 23.7 Å². The average Bonchev–Trinajstić information content (AvgIpc) is 3.50. The molecule has 0 saturated carbocycles. The fourth-order valence-corrected chi connectivity index (χ4v) is 4.15. The van der Waals surface area contributed by atoms with Crippen molar-refractivity contribution in [1.82, 2.24) is 30.2 Å². The van der Waals surface area contributed by atoms with E-state index in [-0.39, 0.29) is 17.8 Å². The quantitative estimate of drug-likeness (QED) is 0.477. The van der Waals surface area contributed by atoms with Crippen LogP contribution in [-0.2, 0) is 0 Å². The maximum absolute atomic E-state index is 12.8. The molecule has 158 valence electrons. The monoisotopic (exact) mass is 458 g/mol. The molecule has 0 aliphatic carbocycles. The number of rotatable bonds is 4. The number of anilines is 2. The van der Waals surface area contributed by atoms with Crippen molar-refractivity contribution in [1.29, 1.82) is 0 Å². The molecule has 4 aromatic rings. The highest BCUT2D eigenvalue weighted by molar-refractivity contribution is 6.36. The molecule has 12 heteroatoms. The van der Waals surface area contributed by atoms with Gasteiger partial charge in [0.15, 0.2) is 11.6 Å². The highest BCUT2D eigenvalue weighted by atomic mass is 35.5. The summed E-state index contributed by atoms with van der Waals surface area (Å²) in [6.07, 6.45) is 5.24. The third kappa shape index (κ3) is 3.53. The number of amides is 1. The Labute approximate surface area is 185 Å². The van der Waals surface area contributed by atoms with E-state index in [1.54, 1.807) is 29.2 Å². The second-order valence-corrected chi connectivity index (χ2v) is 7.93. The lowest BCUT2D eigenvalue weighted by molar-refractivity contribution is 0.0940. The molecule has 0 bridgehead atoms. The van der Waals surface area contributed by atoms with E-state index in [4.69, 9.17) is 33.5 Å². The molecular weight excluding hydrogens is 443 g/mol. The van der Waals surface area contributed by atoms with Gasteiger partial charge in [-0.15, -0.1) is 0 Å². The summed E-state index contributed by atoms with van der Waals surface area (Å²) in [6, 6.07) is 5.02. The number of nitrogens with zero attached hydrogens (tertiary/aromatic N) is 6. The Balaban J connectivity index is 1.30. The summed E-state index contributed by atoms with van der Waals surface area (Å²) in [5.41, 5.74) is 7.38. The summed E-state index contributed by atoms with van der Waals surface area (Å²) in [6.45, 7) is 1.22. The smallest absolute Gasteiger partial charge is 0.253 e. The van der Waals surface area contributed by atoms with Crippen molar-refractivity contribution in [3.63, 3.8) is 0 Å². The van der Waals surface area contributed by atoms with Gasteiger partial charge >= 0.3 is 0 Å². The van der Waals surface area contributed by atoms with Gasteiger partial charge in [0.2, 0.25) is 5.58 Å². The Morgan fingerprint density at radius 2 is 2.16 bits per heavy atom. The van der Waals surface area contributed by atoms with Gasteiger partial charge in [-0.25, -0.2) is 14.6 Å². The highest BCUT2D eigenvalue weighted by Gasteiger charge is 2.29. The molecule has 3 N–H and O–H groups in total. The molecule has 1 fully saturated rings. The van der Waals surface area contributed by atoms with Crippen LogP contribution in [0.5, 0.6) is 0 Å². The first-order valence-corrected chi connectivity index (χ1v) is 10.2. The molecule has 1 amide bonds. The minimum atomic E-state index is -0.250. The second kappa shape index (κ2) is 7.71. The highest BCUT2D eigenvalue weighted by Crippen LogP contribution is 2.35. The minimum Gasteiger partial charge on any atom is -0.380 e. The second-order valence-electron chi connectivity index (χ2n) is 7.11. The van der Waals surface area contributed by atoms with E-state index in [1.807, 2.05) is 4.90 Å². The fraction of sp³-hybridized carbons (Fsp3) is 0.211. The number of halogens is 2. The Bertz CT molecular complexity index is 1270. The van der Waals surface area contributed by atoms with Crippen LogP contribution in [-0.4, -0.2) is 49.9 Å². The normalized spacial score (nSPS) is 16.2. The molecule has 0 spiro atoms. The summed E-state index contributed by atoms with van der Waals surface area (Å²) >= 11 is 12.5. The molecule has 1 aliphatic heterocycles. The van der Waals surface area contributed by atoms with Crippen LogP contribution >= 0.6 is 23.2 Å². The van der Waals surface area contributed by atoms with E-state index >= 15 is 0 Å². The number of pyridine rings is 1. The van der Waals surface area contributed by atoms with Gasteiger partial charge in [0.05, 0.1) is 26.7 Å². The van der Waals surface area contributed by atoms with Gasteiger partial charge in [-0.1, -0.05) is 28.4 Å². The van der Waals surface area contributed by atoms with Gasteiger partial charge in [0, 0.05) is 25.3 Å². The lowest BCUT2D eigenvalue weighted by Crippen LogP contribution is -2.37. The molecule has 5 rings (SSSR count). The van der Waals surface area contributed by atoms with Crippen LogP contribution in [0, 0.1) is 0 Å². The molecule has 4 heterocycles. The molecule has 0 unspecified atom stereocenters. The van der Waals surface area contributed by atoms with Crippen LogP contribution in [0.1, 0.15) is 16.8 Å². The van der Waals surface area contributed by atoms with Crippen LogP contribution in [0.2, 0.25) is 10.0 Å². The molecule has 1 aromatic carbocycles. The van der Waals surface area contributed by atoms with Crippen molar-refractivity contribution in [3.05, 3.63) is 52.7 Å². The number of hydrogen-bond acceptors (Lipinski definition) is 8. The Kier molecular flexibility index (Phi) is 4.87. The predicted molar refractivity (Wildman–Crippen MR) is 116 cm³/mol. The van der Waals surface area contributed by atoms with Crippen molar-refractivity contribution in [2.45, 2.75) is 12.5 Å². The van der Waals surface area contributed by atoms with Crippen LogP contribution in [0.3, 0.4) is 0 Å². The molecule has 0 radical (unpaired) electrons. The fourth-order valence-electron chi connectivity index (χ4n) is 3.66. The van der Waals surface area contributed by atoms with Gasteiger partial charge in [-0.05, 0) is 24.6 Å². The van der Waals surface area contributed by atoms with Gasteiger partial charge in [0.25, 0.3) is 5.91 Å². The van der Waals surface area contributed by atoms with E-state index in [1.165, 1.54) is 12.5 Å². The minimum absolute atomic E-state index is 0.0913. The van der Waals surface area contributed by atoms with Crippen molar-refractivity contribution in [2.24, 2.45) is 0 Å². The number of carbonyl (C=O) groups is 1. The Morgan fingerprint density at radius 3 is 2.94 bits per heavy atom. The maximum Gasteiger partial charge on any atom is 0.253 e. The SMILES string of the molecule is Nc1noc2c(N3CC[C@@H](NC(=O)c4ccc(-n5cncn5)cc4Cl)C3)ncc(Cl)c12. The Hall–Kier alpha value is -3.37. The molecule has 1 saturated heterocycles. The lowest BCUT2D eigenvalue weighted by Gasteiger charge is -2.18. The molecule has 1 atom stereocenters. The molecular formula is C19H16Cl2N8O2. The van der Waals surface area contributed by atoms with Crippen molar-refractivity contribution >= 4 is 51.7 Å². The van der Waals surface area contributed by atoms with Gasteiger partial charge in [-0.3, -0.25) is 4.79 Å². The number of nitrogens with one attached hydrogen (secondary N) is 1. The number of carbonyl (C=O) groups excluding carboxylic acids is 1. The van der Waals surface area contributed by atoms with E-state index < -0.39 is 0 Å². The zero-order valence-corrected chi connectivity index (χ0v) is 17.5. The van der Waals surface area contributed by atoms with E-state index in [9.17, 15) is 4.79 Å². The number of benzene rings is 1. The van der Waals surface area contributed by atoms with Crippen molar-refractivity contribution < 1.29 is 9.32 Å². The van der Waals surface area contributed by atoms with Crippen molar-refractivity contribution in [3.8, 4) is 5.69 Å². The number of hydrogen-bond donors (Lipinski definition) is 2. The first-order chi connectivity index (χ1) is 15.0. The predicted octanol–water partition coefficient (Wildman–Crippen LogP) is 2.70. The summed E-state index contributed by atoms with van der Waals surface area (Å²) < 4.78 is 6.90. The van der Waals surface area contributed by atoms with E-state index in [0.717, 1.165) is 12.1 Å². The zero-order chi connectivity index (χ0) is 21.5. The molecule has 10 nitrogen and oxygen atoms in total. The summed E-state index contributed by atoms with van der Waals surface area (Å²) in [5, 5.41) is 12.1. The largest absolute Gasteiger partial charge is 0.380 e. The van der Waals surface area contributed by atoms with Crippen LogP contribution in [0.4, 0.5) is 11.6 Å². The summed E-state index contributed by atoms with van der Waals surface area (Å²) in [4.78, 5) is 23.1. The third-order valence-corrected chi connectivity index (χ3v) is 5.76. The topological polar surface area (TPSA) is 128 Å². The average molecular weight is 459 g/mol. The van der Waals surface area contributed by atoms with Crippen LogP contribution in [0.15, 0.2) is 41.6 Å². The standard InChI is InChI=1S/C19H16Cl2N8O2/c20-13-5-11(29-9-23-8-25-29)1-2-12(13)19(30)26-10-3-4-28(7-10)18-16-15(14(21)6-24-18)17(22)27-31-16/h1-2,5-6,8-10H,3-4,7H2,(H2,22,27)(H,26,30)/t10-/m1/s1. The molecule has 3 aromatic heterocycles. The maximum atomic E-state index is 12.8. The van der Waals surface area contributed by atoms with E-state index in [0.29, 0.717) is 45.5 Å². The van der Waals surface area contributed by atoms with Gasteiger partial charge < -0.3 is 20.5 Å². The van der Waals surface area contributed by atoms with E-state index in [2.05, 4.69) is 25.5 Å². The van der Waals surface area contributed by atoms with Gasteiger partial charge in [-0.2, -0.15) is 5.10 Å². The number of aromatic nitrogens is 5. The summed E-state index contributed by atoms with van der Waals surface area (Å²) in [5.74, 6) is 0.562. The van der Waals surface area contributed by atoms with Crippen LogP contribution in [0.25, 0.3) is 16.7 Å².